The Bertz CT molecular complexity index is 544. The zero-order chi connectivity index (χ0) is 12.9. The Morgan fingerprint density at radius 2 is 1.94 bits per heavy atom. The summed E-state index contributed by atoms with van der Waals surface area (Å²) in [5.41, 5.74) is 3.64. The molecule has 1 aromatic carbocycles. The maximum Gasteiger partial charge on any atom is 0.299 e. The van der Waals surface area contributed by atoms with Crippen molar-refractivity contribution in [3.63, 3.8) is 0 Å². The van der Waals surface area contributed by atoms with E-state index in [0.29, 0.717) is 18.0 Å². The maximum atomic E-state index is 12.1. The van der Waals surface area contributed by atoms with Crippen LogP contribution in [0.1, 0.15) is 40.7 Å². The first-order valence-electron chi connectivity index (χ1n) is 6.56. The van der Waals surface area contributed by atoms with Crippen molar-refractivity contribution in [3.05, 3.63) is 28.8 Å². The molecule has 1 amide bonds. The van der Waals surface area contributed by atoms with Gasteiger partial charge in [0.2, 0.25) is 0 Å². The molecule has 0 N–H and O–H groups in total. The molecule has 3 heteroatoms. The van der Waals surface area contributed by atoms with Gasteiger partial charge in [0, 0.05) is 6.54 Å². The van der Waals surface area contributed by atoms with Gasteiger partial charge in [0.05, 0.1) is 11.3 Å². The molecule has 0 spiro atoms. The van der Waals surface area contributed by atoms with Crippen LogP contribution in [0.4, 0.5) is 5.69 Å². The Balaban J connectivity index is 2.04. The molecule has 3 nitrogen and oxygen atoms in total. The molecule has 1 aromatic rings. The fraction of sp³-hybridized carbons (Fsp3) is 0.467. The Labute approximate surface area is 107 Å². The van der Waals surface area contributed by atoms with Crippen LogP contribution in [0.25, 0.3) is 0 Å². The lowest BCUT2D eigenvalue weighted by molar-refractivity contribution is -0.114. The number of carbonyl (C=O) groups excluding carboxylic acids is 2. The van der Waals surface area contributed by atoms with E-state index in [1.54, 1.807) is 11.0 Å². The van der Waals surface area contributed by atoms with Crippen LogP contribution in [0.2, 0.25) is 0 Å². The van der Waals surface area contributed by atoms with Gasteiger partial charge in [-0.05, 0) is 49.8 Å². The minimum atomic E-state index is -0.342. The molecule has 1 saturated carbocycles. The summed E-state index contributed by atoms with van der Waals surface area (Å²) in [6.45, 7) is 4.72. The van der Waals surface area contributed by atoms with Gasteiger partial charge in [-0.25, -0.2) is 0 Å². The van der Waals surface area contributed by atoms with Crippen molar-refractivity contribution in [3.8, 4) is 0 Å². The molecule has 2 aliphatic rings. The number of hydrogen-bond acceptors (Lipinski definition) is 2. The predicted octanol–water partition coefficient (Wildman–Crippen LogP) is 2.63. The number of hydrogen-bond donors (Lipinski definition) is 0. The highest BCUT2D eigenvalue weighted by molar-refractivity contribution is 6.52. The molecule has 1 heterocycles. The molecule has 0 bridgehead atoms. The Morgan fingerprint density at radius 1 is 1.22 bits per heavy atom. The van der Waals surface area contributed by atoms with E-state index >= 15 is 0 Å². The van der Waals surface area contributed by atoms with Crippen LogP contribution in [0.15, 0.2) is 12.1 Å². The third-order valence-electron chi connectivity index (χ3n) is 4.32. The van der Waals surface area contributed by atoms with Crippen LogP contribution in [-0.2, 0) is 4.79 Å². The number of aryl methyl sites for hydroxylation is 1. The number of Topliss-reactive ketones (excluding diaryl/α,β-unsaturated/α-hetero) is 1. The molecule has 0 saturated heterocycles. The summed E-state index contributed by atoms with van der Waals surface area (Å²) in [5.74, 6) is -0.106. The topological polar surface area (TPSA) is 37.4 Å². The number of carbonyl (C=O) groups is 2. The first kappa shape index (κ1) is 11.5. The van der Waals surface area contributed by atoms with E-state index in [9.17, 15) is 9.59 Å². The molecule has 3 rings (SSSR count). The smallest absolute Gasteiger partial charge is 0.299 e. The van der Waals surface area contributed by atoms with Crippen molar-refractivity contribution in [1.82, 2.24) is 0 Å². The zero-order valence-corrected chi connectivity index (χ0v) is 10.8. The molecule has 0 unspecified atom stereocenters. The summed E-state index contributed by atoms with van der Waals surface area (Å²) in [4.78, 5) is 25.8. The van der Waals surface area contributed by atoms with Crippen LogP contribution in [-0.4, -0.2) is 18.2 Å². The van der Waals surface area contributed by atoms with Gasteiger partial charge in [-0.3, -0.25) is 9.59 Å². The number of anilines is 1. The highest BCUT2D eigenvalue weighted by Crippen LogP contribution is 2.37. The number of rotatable bonds is 2. The highest BCUT2D eigenvalue weighted by atomic mass is 16.2. The van der Waals surface area contributed by atoms with E-state index in [1.165, 1.54) is 19.3 Å². The fourth-order valence-corrected chi connectivity index (χ4v) is 2.78. The monoisotopic (exact) mass is 243 g/mol. The summed E-state index contributed by atoms with van der Waals surface area (Å²) >= 11 is 0. The predicted molar refractivity (Wildman–Crippen MR) is 69.9 cm³/mol. The number of benzene rings is 1. The van der Waals surface area contributed by atoms with Gasteiger partial charge in [0.25, 0.3) is 11.7 Å². The maximum absolute atomic E-state index is 12.1. The van der Waals surface area contributed by atoms with Crippen molar-refractivity contribution in [2.75, 3.05) is 11.4 Å². The van der Waals surface area contributed by atoms with Crippen LogP contribution in [0.3, 0.4) is 0 Å². The first-order chi connectivity index (χ1) is 8.59. The van der Waals surface area contributed by atoms with Crippen molar-refractivity contribution >= 4 is 17.4 Å². The van der Waals surface area contributed by atoms with E-state index in [1.807, 2.05) is 19.9 Å². The summed E-state index contributed by atoms with van der Waals surface area (Å²) in [6, 6.07) is 3.71. The molecule has 1 fully saturated rings. The summed E-state index contributed by atoms with van der Waals surface area (Å²) < 4.78 is 0. The zero-order valence-electron chi connectivity index (χ0n) is 10.8. The van der Waals surface area contributed by atoms with Crippen molar-refractivity contribution in [1.29, 1.82) is 0 Å². The van der Waals surface area contributed by atoms with Gasteiger partial charge >= 0.3 is 0 Å². The SMILES string of the molecule is Cc1ccc2c(c1C)N(CC1CCC1)C(=O)C2=O. The second-order valence-corrected chi connectivity index (χ2v) is 5.45. The summed E-state index contributed by atoms with van der Waals surface area (Å²) in [5, 5.41) is 0. The molecule has 18 heavy (non-hydrogen) atoms. The average Bonchev–Trinajstić information content (AvgIpc) is 2.53. The number of fused-ring (bicyclic) bond motifs is 1. The molecule has 0 radical (unpaired) electrons. The normalized spacial score (nSPS) is 19.1. The minimum Gasteiger partial charge on any atom is -0.304 e. The number of ketones is 1. The van der Waals surface area contributed by atoms with E-state index < -0.39 is 0 Å². The quantitative estimate of drug-likeness (QED) is 0.749. The molecule has 1 aliphatic heterocycles. The van der Waals surface area contributed by atoms with Gasteiger partial charge in [-0.2, -0.15) is 0 Å². The second kappa shape index (κ2) is 3.94. The van der Waals surface area contributed by atoms with Gasteiger partial charge in [0.1, 0.15) is 0 Å². The Kier molecular flexibility index (Phi) is 2.51. The van der Waals surface area contributed by atoms with E-state index in [0.717, 1.165) is 16.8 Å². The molecule has 0 atom stereocenters. The molecular weight excluding hydrogens is 226 g/mol. The van der Waals surface area contributed by atoms with Gasteiger partial charge < -0.3 is 4.90 Å². The van der Waals surface area contributed by atoms with Gasteiger partial charge in [-0.15, -0.1) is 0 Å². The minimum absolute atomic E-state index is 0.340. The van der Waals surface area contributed by atoms with Crippen molar-refractivity contribution < 1.29 is 9.59 Å². The third kappa shape index (κ3) is 1.50. The largest absolute Gasteiger partial charge is 0.304 e. The van der Waals surface area contributed by atoms with Gasteiger partial charge in [0.15, 0.2) is 0 Å². The molecule has 1 aliphatic carbocycles. The molecular formula is C15H17NO2. The summed E-state index contributed by atoms with van der Waals surface area (Å²) in [7, 11) is 0. The first-order valence-corrected chi connectivity index (χ1v) is 6.56. The van der Waals surface area contributed by atoms with Crippen LogP contribution in [0.5, 0.6) is 0 Å². The average molecular weight is 243 g/mol. The summed E-state index contributed by atoms with van der Waals surface area (Å²) in [6.07, 6.45) is 3.61. The van der Waals surface area contributed by atoms with Crippen LogP contribution >= 0.6 is 0 Å². The Morgan fingerprint density at radius 3 is 2.56 bits per heavy atom. The lowest BCUT2D eigenvalue weighted by atomic mass is 9.85. The molecule has 0 aromatic heterocycles. The van der Waals surface area contributed by atoms with E-state index in [2.05, 4.69) is 0 Å². The molecule has 94 valence electrons. The third-order valence-corrected chi connectivity index (χ3v) is 4.32. The lowest BCUT2D eigenvalue weighted by Gasteiger charge is -2.30. The second-order valence-electron chi connectivity index (χ2n) is 5.45. The standard InChI is InChI=1S/C15H17NO2/c1-9-6-7-12-13(10(9)2)16(15(18)14(12)17)8-11-4-3-5-11/h6-7,11H,3-5,8H2,1-2H3. The number of amides is 1. The highest BCUT2D eigenvalue weighted by Gasteiger charge is 2.38. The van der Waals surface area contributed by atoms with Gasteiger partial charge in [-0.1, -0.05) is 12.5 Å². The van der Waals surface area contributed by atoms with Crippen LogP contribution in [0, 0.1) is 19.8 Å². The lowest BCUT2D eigenvalue weighted by Crippen LogP contribution is -2.36. The van der Waals surface area contributed by atoms with Crippen LogP contribution < -0.4 is 4.90 Å². The fourth-order valence-electron chi connectivity index (χ4n) is 2.78. The van der Waals surface area contributed by atoms with E-state index in [4.69, 9.17) is 0 Å². The Hall–Kier alpha value is -1.64. The number of nitrogens with zero attached hydrogens (tertiary/aromatic N) is 1. The van der Waals surface area contributed by atoms with E-state index in [-0.39, 0.29) is 11.7 Å². The van der Waals surface area contributed by atoms with Crippen molar-refractivity contribution in [2.24, 2.45) is 5.92 Å². The van der Waals surface area contributed by atoms with Crippen molar-refractivity contribution in [2.45, 2.75) is 33.1 Å².